The minimum Gasteiger partial charge on any atom is -0.143 e. The largest absolute Gasteiger partial charge is 0.143 e. The molecular formula is C14H22S2. The van der Waals surface area contributed by atoms with E-state index in [9.17, 15) is 0 Å². The third-order valence-electron chi connectivity index (χ3n) is 2.61. The number of thioether (sulfide) groups is 1. The van der Waals surface area contributed by atoms with E-state index in [1.807, 2.05) is 11.8 Å². The summed E-state index contributed by atoms with van der Waals surface area (Å²) in [6, 6.07) is 0. The average molecular weight is 254 g/mol. The third-order valence-corrected chi connectivity index (χ3v) is 4.22. The first-order valence-electron chi connectivity index (χ1n) is 5.97. The molecule has 0 N–H and O–H groups in total. The fourth-order valence-electron chi connectivity index (χ4n) is 1.33. The minimum absolute atomic E-state index is 1.03. The van der Waals surface area contributed by atoms with Gasteiger partial charge in [-0.25, -0.2) is 0 Å². The van der Waals surface area contributed by atoms with Crippen LogP contribution in [0.15, 0.2) is 33.6 Å². The van der Waals surface area contributed by atoms with Crippen molar-refractivity contribution >= 4 is 24.4 Å². The first-order chi connectivity index (χ1) is 7.63. The molecule has 1 aliphatic rings. The molecule has 1 rings (SSSR count). The van der Waals surface area contributed by atoms with Gasteiger partial charge in [-0.3, -0.25) is 0 Å². The molecule has 0 nitrogen and oxygen atoms in total. The highest BCUT2D eigenvalue weighted by atomic mass is 32.2. The Morgan fingerprint density at radius 1 is 1.38 bits per heavy atom. The van der Waals surface area contributed by atoms with Crippen LogP contribution in [0.3, 0.4) is 0 Å². The second kappa shape index (κ2) is 7.29. The molecule has 16 heavy (non-hydrogen) atoms. The van der Waals surface area contributed by atoms with E-state index in [0.717, 1.165) is 10.8 Å². The van der Waals surface area contributed by atoms with Crippen LogP contribution in [-0.2, 0) is 0 Å². The quantitative estimate of drug-likeness (QED) is 0.502. The summed E-state index contributed by atoms with van der Waals surface area (Å²) in [7, 11) is 0. The van der Waals surface area contributed by atoms with Crippen molar-refractivity contribution in [1.82, 2.24) is 0 Å². The fourth-order valence-corrected chi connectivity index (χ4v) is 2.68. The van der Waals surface area contributed by atoms with Crippen LogP contribution in [0.1, 0.15) is 40.0 Å². The molecular weight excluding hydrogens is 232 g/mol. The topological polar surface area (TPSA) is 0 Å². The Bertz CT molecular complexity index is 303. The molecule has 2 heteroatoms. The van der Waals surface area contributed by atoms with Crippen molar-refractivity contribution < 1.29 is 0 Å². The molecule has 0 aromatic heterocycles. The number of thiol groups is 1. The Labute approximate surface area is 110 Å². The molecule has 1 saturated carbocycles. The molecule has 0 bridgehead atoms. The van der Waals surface area contributed by atoms with Crippen LogP contribution in [0.4, 0.5) is 0 Å². The van der Waals surface area contributed by atoms with Crippen molar-refractivity contribution in [2.24, 2.45) is 5.92 Å². The standard InChI is InChI=1S/C14H22S2/c1-4-5-13(10-14(15)11(2)3)16-9-8-12-6-7-12/h4-5,10,12,15H,6-9H2,1-3H3/b5-4-,13-10+. The lowest BCUT2D eigenvalue weighted by atomic mass is 10.3. The lowest BCUT2D eigenvalue weighted by molar-refractivity contribution is 0.810. The molecule has 0 saturated heterocycles. The Hall–Kier alpha value is -0.0800. The average Bonchev–Trinajstić information content (AvgIpc) is 3.01. The van der Waals surface area contributed by atoms with Crippen LogP contribution in [-0.4, -0.2) is 5.75 Å². The van der Waals surface area contributed by atoms with Crippen LogP contribution >= 0.6 is 24.4 Å². The summed E-state index contributed by atoms with van der Waals surface area (Å²) in [4.78, 5) is 2.42. The van der Waals surface area contributed by atoms with Crippen LogP contribution < -0.4 is 0 Å². The smallest absolute Gasteiger partial charge is 0.00796 e. The highest BCUT2D eigenvalue weighted by molar-refractivity contribution is 8.03. The van der Waals surface area contributed by atoms with Gasteiger partial charge in [0, 0.05) is 9.81 Å². The molecule has 0 aliphatic heterocycles. The summed E-state index contributed by atoms with van der Waals surface area (Å²) in [6.07, 6.45) is 10.7. The van der Waals surface area contributed by atoms with Gasteiger partial charge in [0.05, 0.1) is 0 Å². The zero-order chi connectivity index (χ0) is 12.0. The van der Waals surface area contributed by atoms with E-state index < -0.39 is 0 Å². The maximum absolute atomic E-state index is 4.49. The Kier molecular flexibility index (Phi) is 6.37. The third kappa shape index (κ3) is 5.86. The van der Waals surface area contributed by atoms with Crippen molar-refractivity contribution in [3.05, 3.63) is 33.6 Å². The second-order valence-electron chi connectivity index (χ2n) is 4.51. The lowest BCUT2D eigenvalue weighted by Gasteiger charge is -2.03. The summed E-state index contributed by atoms with van der Waals surface area (Å²) in [6.45, 7) is 6.26. The van der Waals surface area contributed by atoms with Gasteiger partial charge in [-0.1, -0.05) is 30.6 Å². The van der Waals surface area contributed by atoms with Gasteiger partial charge in [-0.2, -0.15) is 0 Å². The zero-order valence-electron chi connectivity index (χ0n) is 10.5. The van der Waals surface area contributed by atoms with Gasteiger partial charge in [-0.15, -0.1) is 24.4 Å². The van der Waals surface area contributed by atoms with Gasteiger partial charge >= 0.3 is 0 Å². The second-order valence-corrected chi connectivity index (χ2v) is 6.16. The van der Waals surface area contributed by atoms with Crippen LogP contribution in [0.2, 0.25) is 0 Å². The molecule has 0 radical (unpaired) electrons. The lowest BCUT2D eigenvalue weighted by Crippen LogP contribution is -1.83. The highest BCUT2D eigenvalue weighted by Crippen LogP contribution is 2.34. The first-order valence-corrected chi connectivity index (χ1v) is 7.40. The van der Waals surface area contributed by atoms with Crippen molar-refractivity contribution in [3.8, 4) is 0 Å². The highest BCUT2D eigenvalue weighted by Gasteiger charge is 2.20. The minimum atomic E-state index is 1.03. The van der Waals surface area contributed by atoms with E-state index in [2.05, 4.69) is 51.6 Å². The van der Waals surface area contributed by atoms with Crippen molar-refractivity contribution in [2.45, 2.75) is 40.0 Å². The maximum Gasteiger partial charge on any atom is 0.00796 e. The monoisotopic (exact) mass is 254 g/mol. The summed E-state index contributed by atoms with van der Waals surface area (Å²) in [5.74, 6) is 2.27. The summed E-state index contributed by atoms with van der Waals surface area (Å²) in [5.41, 5.74) is 1.27. The van der Waals surface area contributed by atoms with Gasteiger partial charge in [-0.05, 0) is 44.9 Å². The van der Waals surface area contributed by atoms with Gasteiger partial charge < -0.3 is 0 Å². The van der Waals surface area contributed by atoms with Gasteiger partial charge in [0.25, 0.3) is 0 Å². The summed E-state index contributed by atoms with van der Waals surface area (Å²) in [5, 5.41) is 0. The number of hydrogen-bond acceptors (Lipinski definition) is 2. The van der Waals surface area contributed by atoms with Gasteiger partial charge in [0.15, 0.2) is 0 Å². The SMILES string of the molecule is C/C=C\C(=C/C(S)=C(C)C)SCCC1CC1. The summed E-state index contributed by atoms with van der Waals surface area (Å²) >= 11 is 6.44. The van der Waals surface area contributed by atoms with Crippen LogP contribution in [0, 0.1) is 5.92 Å². The van der Waals surface area contributed by atoms with Crippen molar-refractivity contribution in [2.75, 3.05) is 5.75 Å². The molecule has 0 heterocycles. The molecule has 90 valence electrons. The number of hydrogen-bond donors (Lipinski definition) is 1. The maximum atomic E-state index is 4.49. The van der Waals surface area contributed by atoms with Crippen LogP contribution in [0.5, 0.6) is 0 Å². The summed E-state index contributed by atoms with van der Waals surface area (Å²) < 4.78 is 0. The molecule has 0 amide bonds. The van der Waals surface area contributed by atoms with Gasteiger partial charge in [0.1, 0.15) is 0 Å². The Morgan fingerprint density at radius 2 is 2.06 bits per heavy atom. The molecule has 0 aromatic carbocycles. The van der Waals surface area contributed by atoms with E-state index in [0.29, 0.717) is 0 Å². The Morgan fingerprint density at radius 3 is 2.56 bits per heavy atom. The Balaban J connectivity index is 2.48. The fraction of sp³-hybridized carbons (Fsp3) is 0.571. The van der Waals surface area contributed by atoms with Gasteiger partial charge in [0.2, 0.25) is 0 Å². The van der Waals surface area contributed by atoms with E-state index in [1.54, 1.807) is 0 Å². The molecule has 0 atom stereocenters. The molecule has 1 fully saturated rings. The molecule has 0 spiro atoms. The van der Waals surface area contributed by atoms with E-state index in [1.165, 1.54) is 35.5 Å². The number of allylic oxidation sites excluding steroid dienone is 4. The zero-order valence-corrected chi connectivity index (χ0v) is 12.2. The predicted molar refractivity (Wildman–Crippen MR) is 80.1 cm³/mol. The molecule has 0 aromatic rings. The number of rotatable bonds is 6. The molecule has 1 aliphatic carbocycles. The van der Waals surface area contributed by atoms with E-state index >= 15 is 0 Å². The van der Waals surface area contributed by atoms with Crippen molar-refractivity contribution in [3.63, 3.8) is 0 Å². The first kappa shape index (κ1) is 14.0. The van der Waals surface area contributed by atoms with Crippen LogP contribution in [0.25, 0.3) is 0 Å². The normalized spacial score (nSPS) is 16.9. The predicted octanol–water partition coefficient (Wildman–Crippen LogP) is 5.20. The van der Waals surface area contributed by atoms with E-state index in [-0.39, 0.29) is 0 Å². The van der Waals surface area contributed by atoms with E-state index in [4.69, 9.17) is 0 Å². The molecule has 0 unspecified atom stereocenters. The van der Waals surface area contributed by atoms with Crippen molar-refractivity contribution in [1.29, 1.82) is 0 Å².